The van der Waals surface area contributed by atoms with Crippen LogP contribution in [0.5, 0.6) is 0 Å². The molecule has 0 bridgehead atoms. The van der Waals surface area contributed by atoms with Crippen molar-refractivity contribution in [2.45, 2.75) is 70.5 Å². The minimum absolute atomic E-state index is 0.157. The lowest BCUT2D eigenvalue weighted by atomic mass is 10.1. The summed E-state index contributed by atoms with van der Waals surface area (Å²) in [5.41, 5.74) is 0. The molecule has 0 aromatic heterocycles. The Morgan fingerprint density at radius 1 is 0.880 bits per heavy atom. The zero-order chi connectivity index (χ0) is 18.8. The van der Waals surface area contributed by atoms with Gasteiger partial charge in [0.15, 0.2) is 0 Å². The number of esters is 1. The van der Waals surface area contributed by atoms with Crippen LogP contribution < -0.4 is 0 Å². The number of unbranched alkanes of at least 4 members (excludes halogenated alkanes) is 4. The Bertz CT molecular complexity index is 399. The van der Waals surface area contributed by atoms with Crippen molar-refractivity contribution < 1.29 is 29.8 Å². The molecule has 0 spiro atoms. The van der Waals surface area contributed by atoms with Crippen molar-refractivity contribution in [3.8, 4) is 0 Å². The maximum atomic E-state index is 11.0. The molecule has 2 N–H and O–H groups in total. The van der Waals surface area contributed by atoms with Gasteiger partial charge in [0.2, 0.25) is 0 Å². The third-order valence-corrected chi connectivity index (χ3v) is 3.76. The lowest BCUT2D eigenvalue weighted by molar-refractivity contribution is -0.267. The van der Waals surface area contributed by atoms with Gasteiger partial charge >= 0.3 is 5.97 Å². The fourth-order valence-corrected chi connectivity index (χ4v) is 2.18. The number of methoxy groups -OCH3 is 1. The second kappa shape index (κ2) is 17.4. The van der Waals surface area contributed by atoms with Crippen LogP contribution in [0.3, 0.4) is 0 Å². The van der Waals surface area contributed by atoms with E-state index in [-0.39, 0.29) is 18.2 Å². The van der Waals surface area contributed by atoms with E-state index in [1.165, 1.54) is 7.11 Å². The topological polar surface area (TPSA) is 85.2 Å². The molecule has 0 aromatic rings. The summed E-state index contributed by atoms with van der Waals surface area (Å²) in [6.07, 6.45) is 17.0. The molecule has 6 heteroatoms. The number of carbonyl (C=O) groups excluding carboxylic acids is 1. The first-order valence-corrected chi connectivity index (χ1v) is 8.86. The third-order valence-electron chi connectivity index (χ3n) is 3.76. The number of hydrogen-bond acceptors (Lipinski definition) is 6. The van der Waals surface area contributed by atoms with E-state index in [1.807, 2.05) is 25.2 Å². The van der Waals surface area contributed by atoms with Crippen LogP contribution in [-0.2, 0) is 19.3 Å². The Balaban J connectivity index is 3.82. The largest absolute Gasteiger partial charge is 0.469 e. The van der Waals surface area contributed by atoms with Crippen LogP contribution in [0.2, 0.25) is 0 Å². The van der Waals surface area contributed by atoms with E-state index in [2.05, 4.69) is 14.5 Å². The molecule has 0 aromatic carbocycles. The summed E-state index contributed by atoms with van der Waals surface area (Å²) in [5.74, 6) is -0.157. The second-order valence-corrected chi connectivity index (χ2v) is 5.73. The Labute approximate surface area is 150 Å². The van der Waals surface area contributed by atoms with E-state index in [9.17, 15) is 4.79 Å². The van der Waals surface area contributed by atoms with Gasteiger partial charge in [0, 0.05) is 6.42 Å². The zero-order valence-corrected chi connectivity index (χ0v) is 15.3. The number of rotatable bonds is 15. The minimum atomic E-state index is -0.326. The molecule has 0 aliphatic carbocycles. The van der Waals surface area contributed by atoms with Gasteiger partial charge in [0.1, 0.15) is 12.2 Å². The molecule has 2 unspecified atom stereocenters. The highest BCUT2D eigenvalue weighted by Gasteiger charge is 2.04. The highest BCUT2D eigenvalue weighted by Crippen LogP contribution is 2.11. The second-order valence-electron chi connectivity index (χ2n) is 5.73. The van der Waals surface area contributed by atoms with E-state index in [0.29, 0.717) is 12.8 Å². The average Bonchev–Trinajstić information content (AvgIpc) is 2.64. The Kier molecular flexibility index (Phi) is 16.3. The summed E-state index contributed by atoms with van der Waals surface area (Å²) in [4.78, 5) is 19.7. The summed E-state index contributed by atoms with van der Waals surface area (Å²) in [6.45, 7) is 1.91. The van der Waals surface area contributed by atoms with Gasteiger partial charge in [-0.3, -0.25) is 15.3 Å². The van der Waals surface area contributed by atoms with E-state index >= 15 is 0 Å². The van der Waals surface area contributed by atoms with Gasteiger partial charge in [0.25, 0.3) is 0 Å². The molecule has 2 atom stereocenters. The highest BCUT2D eigenvalue weighted by atomic mass is 17.1. The Morgan fingerprint density at radius 3 is 2.00 bits per heavy atom. The first-order chi connectivity index (χ1) is 12.2. The molecule has 144 valence electrons. The van der Waals surface area contributed by atoms with Crippen LogP contribution in [0, 0.1) is 0 Å². The highest BCUT2D eigenvalue weighted by molar-refractivity contribution is 5.68. The molecule has 0 fully saturated rings. The zero-order valence-electron chi connectivity index (χ0n) is 15.3. The number of carbonyl (C=O) groups is 1. The predicted molar refractivity (Wildman–Crippen MR) is 97.0 cm³/mol. The number of hydrogen-bond donors (Lipinski definition) is 2. The van der Waals surface area contributed by atoms with Crippen LogP contribution in [0.25, 0.3) is 0 Å². The molecule has 0 radical (unpaired) electrons. The van der Waals surface area contributed by atoms with Gasteiger partial charge in [-0.15, -0.1) is 0 Å². The van der Waals surface area contributed by atoms with Crippen LogP contribution >= 0.6 is 0 Å². The fraction of sp³-hybridized carbons (Fsp3) is 0.632. The molecular weight excluding hydrogens is 324 g/mol. The van der Waals surface area contributed by atoms with Crippen LogP contribution in [-0.4, -0.2) is 35.8 Å². The summed E-state index contributed by atoms with van der Waals surface area (Å²) in [6, 6.07) is 0. The predicted octanol–water partition coefficient (Wildman–Crippen LogP) is 4.69. The van der Waals surface area contributed by atoms with Gasteiger partial charge in [-0.05, 0) is 19.3 Å². The van der Waals surface area contributed by atoms with Crippen LogP contribution in [0.15, 0.2) is 36.5 Å². The minimum Gasteiger partial charge on any atom is -0.469 e. The molecule has 0 aliphatic rings. The van der Waals surface area contributed by atoms with Crippen LogP contribution in [0.4, 0.5) is 0 Å². The third kappa shape index (κ3) is 14.6. The monoisotopic (exact) mass is 356 g/mol. The van der Waals surface area contributed by atoms with Crippen LogP contribution in [0.1, 0.15) is 58.3 Å². The standard InChI is InChI=1S/C19H32O6/c1-3-17(24-21)13-9-7-8-11-15-18(25-22)14-10-5-4-6-12-16-19(20)23-2/h7-9,11,13,15,17-18,21-22H,3-6,10,12,14,16H2,1-2H3. The van der Waals surface area contributed by atoms with Gasteiger partial charge in [0.05, 0.1) is 7.11 Å². The smallest absolute Gasteiger partial charge is 0.305 e. The SMILES string of the molecule is CCC(C=CC=CC=CC(CCCCCCCC(=O)OC)OO)OO. The lowest BCUT2D eigenvalue weighted by Gasteiger charge is -2.08. The summed E-state index contributed by atoms with van der Waals surface area (Å²) in [5, 5.41) is 17.5. The average molecular weight is 356 g/mol. The van der Waals surface area contributed by atoms with Crippen molar-refractivity contribution in [3.63, 3.8) is 0 Å². The van der Waals surface area contributed by atoms with Crippen molar-refractivity contribution >= 4 is 5.97 Å². The fourth-order valence-electron chi connectivity index (χ4n) is 2.18. The molecule has 25 heavy (non-hydrogen) atoms. The van der Waals surface area contributed by atoms with Gasteiger partial charge in [-0.2, -0.15) is 0 Å². The molecular formula is C19H32O6. The van der Waals surface area contributed by atoms with E-state index in [0.717, 1.165) is 38.5 Å². The number of allylic oxidation sites excluding steroid dienone is 4. The Hall–Kier alpha value is -1.47. The van der Waals surface area contributed by atoms with Crippen molar-refractivity contribution in [2.24, 2.45) is 0 Å². The quantitative estimate of drug-likeness (QED) is 0.146. The Morgan fingerprint density at radius 2 is 1.44 bits per heavy atom. The van der Waals surface area contributed by atoms with E-state index < -0.39 is 0 Å². The maximum absolute atomic E-state index is 11.0. The molecule has 0 amide bonds. The summed E-state index contributed by atoms with van der Waals surface area (Å²) >= 11 is 0. The normalized spacial score (nSPS) is 14.6. The summed E-state index contributed by atoms with van der Waals surface area (Å²) < 4.78 is 4.59. The first-order valence-electron chi connectivity index (χ1n) is 8.86. The molecule has 0 aliphatic heterocycles. The summed E-state index contributed by atoms with van der Waals surface area (Å²) in [7, 11) is 1.40. The van der Waals surface area contributed by atoms with Crippen molar-refractivity contribution in [2.75, 3.05) is 7.11 Å². The van der Waals surface area contributed by atoms with E-state index in [4.69, 9.17) is 10.5 Å². The number of ether oxygens (including phenoxy) is 1. The molecule has 6 nitrogen and oxygen atoms in total. The lowest BCUT2D eigenvalue weighted by Crippen LogP contribution is -2.06. The molecule has 0 saturated heterocycles. The van der Waals surface area contributed by atoms with Gasteiger partial charge in [-0.1, -0.05) is 69.1 Å². The van der Waals surface area contributed by atoms with Crippen molar-refractivity contribution in [1.29, 1.82) is 0 Å². The molecule has 0 saturated carbocycles. The van der Waals surface area contributed by atoms with E-state index in [1.54, 1.807) is 18.2 Å². The first kappa shape index (κ1) is 23.5. The van der Waals surface area contributed by atoms with Gasteiger partial charge < -0.3 is 4.74 Å². The molecule has 0 heterocycles. The van der Waals surface area contributed by atoms with Crippen molar-refractivity contribution in [1.82, 2.24) is 0 Å². The maximum Gasteiger partial charge on any atom is 0.305 e. The molecule has 0 rings (SSSR count). The van der Waals surface area contributed by atoms with Gasteiger partial charge in [-0.25, -0.2) is 9.78 Å². The van der Waals surface area contributed by atoms with Crippen molar-refractivity contribution in [3.05, 3.63) is 36.5 Å².